The summed E-state index contributed by atoms with van der Waals surface area (Å²) in [4.78, 5) is 23.3. The van der Waals surface area contributed by atoms with Crippen molar-refractivity contribution in [3.8, 4) is 5.75 Å². The normalized spacial score (nSPS) is 12.2. The molecule has 0 spiro atoms. The Balaban J connectivity index is 2.14. The molecule has 1 aliphatic rings. The first-order valence-corrected chi connectivity index (χ1v) is 6.33. The third kappa shape index (κ3) is 2.33. The molecule has 2 N–H and O–H groups in total. The van der Waals surface area contributed by atoms with Crippen LogP contribution in [0.25, 0.3) is 10.9 Å². The van der Waals surface area contributed by atoms with Crippen molar-refractivity contribution in [2.75, 3.05) is 18.0 Å². The number of carboxylic acid groups (broad SMARTS) is 2. The van der Waals surface area contributed by atoms with Gasteiger partial charge in [-0.2, -0.15) is 4.57 Å². The molecule has 1 aromatic heterocycles. The number of hydrogen-bond acceptors (Lipinski definition) is 4. The highest BCUT2D eigenvalue weighted by Gasteiger charge is 2.26. The number of ether oxygens (including phenoxy) is 1. The van der Waals surface area contributed by atoms with E-state index in [1.54, 1.807) is 12.1 Å². The second-order valence-electron chi connectivity index (χ2n) is 4.74. The van der Waals surface area contributed by atoms with Crippen molar-refractivity contribution < 1.29 is 29.1 Å². The fourth-order valence-electron chi connectivity index (χ4n) is 2.55. The van der Waals surface area contributed by atoms with Gasteiger partial charge in [0.05, 0.1) is 11.1 Å². The number of pyridine rings is 1. The number of nitrogens with zero attached hydrogens (tertiary/aromatic N) is 2. The summed E-state index contributed by atoms with van der Waals surface area (Å²) >= 11 is 0. The molecule has 1 aliphatic heterocycles. The van der Waals surface area contributed by atoms with Crippen molar-refractivity contribution in [2.45, 2.75) is 6.73 Å². The van der Waals surface area contributed by atoms with Crippen LogP contribution < -0.4 is 14.2 Å². The van der Waals surface area contributed by atoms with E-state index in [9.17, 15) is 9.59 Å². The molecule has 0 bridgehead atoms. The lowest BCUT2D eigenvalue weighted by atomic mass is 10.1. The van der Waals surface area contributed by atoms with E-state index in [1.165, 1.54) is 4.90 Å². The van der Waals surface area contributed by atoms with E-state index < -0.39 is 11.9 Å². The van der Waals surface area contributed by atoms with Gasteiger partial charge in [0.15, 0.2) is 11.9 Å². The van der Waals surface area contributed by atoms with Crippen LogP contribution in [0, 0.1) is 0 Å². The van der Waals surface area contributed by atoms with Crippen LogP contribution in [0.5, 0.6) is 5.75 Å². The van der Waals surface area contributed by atoms with Crippen molar-refractivity contribution in [1.82, 2.24) is 0 Å². The van der Waals surface area contributed by atoms with Crippen LogP contribution >= 0.6 is 0 Å². The number of carboxylic acids is 2. The van der Waals surface area contributed by atoms with Gasteiger partial charge in [-0.05, 0) is 18.2 Å². The van der Waals surface area contributed by atoms with Crippen LogP contribution in [-0.2, 0) is 16.3 Å². The predicted octanol–water partition coefficient (Wildman–Crippen LogP) is 0.453. The van der Waals surface area contributed by atoms with Crippen LogP contribution in [0.4, 0.5) is 5.69 Å². The van der Waals surface area contributed by atoms with Gasteiger partial charge in [0, 0.05) is 6.07 Å². The Morgan fingerprint density at radius 3 is 2.57 bits per heavy atom. The number of aliphatic carboxylic acids is 2. The summed E-state index contributed by atoms with van der Waals surface area (Å²) in [6, 6.07) is 7.08. The largest absolute Gasteiger partial charge is 0.480 e. The van der Waals surface area contributed by atoms with E-state index in [-0.39, 0.29) is 13.1 Å². The maximum absolute atomic E-state index is 11.0. The van der Waals surface area contributed by atoms with Crippen LogP contribution in [-0.4, -0.2) is 35.2 Å². The zero-order valence-electron chi connectivity index (χ0n) is 11.0. The first-order chi connectivity index (χ1) is 10.1. The Labute approximate surface area is 119 Å². The Morgan fingerprint density at radius 2 is 1.90 bits per heavy atom. The number of benzene rings is 1. The standard InChI is InChI=1S/C14H12N2O5/c17-12(18)6-16(7-13(19)20)10-3-4-11-14-9(10)2-1-5-15(14)8-21-11/h1-5H,6-8H2,(H-,17,18,19,20)/p+1. The summed E-state index contributed by atoms with van der Waals surface area (Å²) in [5.74, 6) is -1.45. The highest BCUT2D eigenvalue weighted by atomic mass is 16.5. The number of carbonyl (C=O) groups is 2. The van der Waals surface area contributed by atoms with Crippen molar-refractivity contribution in [2.24, 2.45) is 0 Å². The van der Waals surface area contributed by atoms with E-state index in [1.807, 2.05) is 22.9 Å². The topological polar surface area (TPSA) is 91.0 Å². The molecule has 108 valence electrons. The molecule has 0 unspecified atom stereocenters. The fraction of sp³-hybridized carbons (Fsp3) is 0.214. The van der Waals surface area contributed by atoms with Gasteiger partial charge in [-0.25, -0.2) is 0 Å². The first kappa shape index (κ1) is 13.2. The van der Waals surface area contributed by atoms with Crippen LogP contribution in [0.1, 0.15) is 0 Å². The zero-order valence-corrected chi connectivity index (χ0v) is 11.0. The smallest absolute Gasteiger partial charge is 0.323 e. The molecule has 7 nitrogen and oxygen atoms in total. The summed E-state index contributed by atoms with van der Waals surface area (Å²) in [7, 11) is 0. The number of rotatable bonds is 5. The molecule has 0 atom stereocenters. The molecule has 0 amide bonds. The second-order valence-corrected chi connectivity index (χ2v) is 4.74. The summed E-state index contributed by atoms with van der Waals surface area (Å²) in [5.41, 5.74) is 1.41. The van der Waals surface area contributed by atoms with Gasteiger partial charge in [-0.3, -0.25) is 9.59 Å². The molecule has 21 heavy (non-hydrogen) atoms. The lowest BCUT2D eigenvalue weighted by molar-refractivity contribution is -0.688. The van der Waals surface area contributed by atoms with E-state index in [4.69, 9.17) is 14.9 Å². The lowest BCUT2D eigenvalue weighted by Crippen LogP contribution is -2.35. The maximum atomic E-state index is 11.0. The molecule has 0 radical (unpaired) electrons. The molecule has 2 heterocycles. The monoisotopic (exact) mass is 289 g/mol. The summed E-state index contributed by atoms with van der Waals surface area (Å²) in [6.07, 6.45) is 1.86. The Kier molecular flexibility index (Phi) is 3.09. The second kappa shape index (κ2) is 4.93. The molecule has 2 aromatic rings. The molecular weight excluding hydrogens is 276 g/mol. The average Bonchev–Trinajstić information content (AvgIpc) is 2.83. The van der Waals surface area contributed by atoms with Crippen molar-refractivity contribution in [3.63, 3.8) is 0 Å². The van der Waals surface area contributed by atoms with Gasteiger partial charge in [-0.15, -0.1) is 0 Å². The minimum Gasteiger partial charge on any atom is -0.480 e. The molecule has 0 fully saturated rings. The van der Waals surface area contributed by atoms with Crippen LogP contribution in [0.2, 0.25) is 0 Å². The Bertz CT molecular complexity index is 717. The molecule has 7 heteroatoms. The number of aromatic nitrogens is 1. The van der Waals surface area contributed by atoms with Gasteiger partial charge in [0.2, 0.25) is 0 Å². The third-order valence-corrected chi connectivity index (χ3v) is 3.33. The number of hydrogen-bond donors (Lipinski definition) is 2. The van der Waals surface area contributed by atoms with E-state index in [2.05, 4.69) is 0 Å². The summed E-state index contributed by atoms with van der Waals surface area (Å²) < 4.78 is 7.42. The van der Waals surface area contributed by atoms with Gasteiger partial charge in [-0.1, -0.05) is 0 Å². The quantitative estimate of drug-likeness (QED) is 0.777. The lowest BCUT2D eigenvalue weighted by Gasteiger charge is -2.21. The van der Waals surface area contributed by atoms with Gasteiger partial charge in [0.1, 0.15) is 13.1 Å². The fourth-order valence-corrected chi connectivity index (χ4v) is 2.55. The molecule has 0 aliphatic carbocycles. The van der Waals surface area contributed by atoms with Crippen molar-refractivity contribution >= 4 is 28.5 Å². The van der Waals surface area contributed by atoms with E-state index >= 15 is 0 Å². The zero-order chi connectivity index (χ0) is 15.0. The van der Waals surface area contributed by atoms with Crippen molar-refractivity contribution in [3.05, 3.63) is 30.5 Å². The SMILES string of the molecule is O=C(O)CN(CC(=O)O)c1ccc2c3c1ccc[n+]3CO2. The Hall–Kier alpha value is -2.83. The Morgan fingerprint density at radius 1 is 1.19 bits per heavy atom. The molecule has 0 saturated carbocycles. The van der Waals surface area contributed by atoms with Gasteiger partial charge in [0.25, 0.3) is 12.2 Å². The highest BCUT2D eigenvalue weighted by Crippen LogP contribution is 2.33. The van der Waals surface area contributed by atoms with Crippen molar-refractivity contribution in [1.29, 1.82) is 0 Å². The van der Waals surface area contributed by atoms with Crippen LogP contribution in [0.3, 0.4) is 0 Å². The molecule has 0 saturated heterocycles. The third-order valence-electron chi connectivity index (χ3n) is 3.33. The molecular formula is C14H13N2O5+. The number of anilines is 1. The minimum absolute atomic E-state index is 0.378. The van der Waals surface area contributed by atoms with Crippen LogP contribution in [0.15, 0.2) is 30.5 Å². The van der Waals surface area contributed by atoms with E-state index in [0.29, 0.717) is 18.2 Å². The average molecular weight is 289 g/mol. The van der Waals surface area contributed by atoms with Gasteiger partial charge < -0.3 is 19.8 Å². The summed E-state index contributed by atoms with van der Waals surface area (Å²) in [5, 5.41) is 18.7. The molecule has 1 aromatic carbocycles. The van der Waals surface area contributed by atoms with E-state index in [0.717, 1.165) is 10.9 Å². The summed E-state index contributed by atoms with van der Waals surface area (Å²) in [6.45, 7) is -0.360. The minimum atomic E-state index is -1.08. The maximum Gasteiger partial charge on any atom is 0.323 e. The molecule has 3 rings (SSSR count). The highest BCUT2D eigenvalue weighted by molar-refractivity contribution is 5.96. The predicted molar refractivity (Wildman–Crippen MR) is 72.3 cm³/mol. The first-order valence-electron chi connectivity index (χ1n) is 6.33. The van der Waals surface area contributed by atoms with Gasteiger partial charge >= 0.3 is 11.9 Å².